The Kier molecular flexibility index (Phi) is 6.78. The lowest BCUT2D eigenvalue weighted by atomic mass is 9.49. The summed E-state index contributed by atoms with van der Waals surface area (Å²) in [6, 6.07) is 0. The minimum Gasteiger partial charge on any atom is -0.226 e. The molecule has 3 saturated carbocycles. The molecule has 0 amide bonds. The fraction of sp³-hybridized carbons (Fsp3) is 1.00. The molecule has 0 aliphatic heterocycles. The topological polar surface area (TPSA) is 0 Å². The zero-order valence-corrected chi connectivity index (χ0v) is 19.8. The molecule has 278 valence electrons. The van der Waals surface area contributed by atoms with Gasteiger partial charge in [-0.3, -0.25) is 0 Å². The Balaban J connectivity index is 2.74. The van der Waals surface area contributed by atoms with Crippen LogP contribution >= 0.6 is 0 Å². The Hall–Kier alpha value is -2.10. The van der Waals surface area contributed by atoms with E-state index in [1.807, 2.05) is 0 Å². The monoisotopic (exact) mass is 774 g/mol. The minimum atomic E-state index is -10.6. The van der Waals surface area contributed by atoms with Gasteiger partial charge in [-0.25, -0.2) is 17.6 Å². The van der Waals surface area contributed by atoms with Crippen LogP contribution in [0.25, 0.3) is 0 Å². The molecule has 0 N–H and O–H groups in total. The number of halogens is 30. The van der Waals surface area contributed by atoms with Crippen LogP contribution in [-0.2, 0) is 0 Å². The van der Waals surface area contributed by atoms with Crippen LogP contribution in [0.1, 0.15) is 0 Å². The van der Waals surface area contributed by atoms with Gasteiger partial charge in [0, 0.05) is 0 Å². The smallest absolute Gasteiger partial charge is 0.226 e. The lowest BCUT2D eigenvalue weighted by Gasteiger charge is -2.66. The summed E-state index contributed by atoms with van der Waals surface area (Å²) in [5.74, 6) is -125. The molecule has 47 heavy (non-hydrogen) atoms. The number of rotatable bonds is 2. The Morgan fingerprint density at radius 2 is 0.340 bits per heavy atom. The maximum atomic E-state index is 15.3. The predicted octanol–water partition coefficient (Wildman–Crippen LogP) is 9.12. The molecule has 0 aromatic rings. The summed E-state index contributed by atoms with van der Waals surface area (Å²) in [5.41, 5.74) is -40.7. The van der Waals surface area contributed by atoms with Gasteiger partial charge >= 0.3 is 88.3 Å². The molecule has 3 atom stereocenters. The third-order valence-corrected chi connectivity index (χ3v) is 7.96. The van der Waals surface area contributed by atoms with Crippen molar-refractivity contribution in [3.05, 3.63) is 0 Å². The van der Waals surface area contributed by atoms with Crippen molar-refractivity contribution < 1.29 is 132 Å². The summed E-state index contributed by atoms with van der Waals surface area (Å²) in [6.07, 6.45) is 0. The van der Waals surface area contributed by atoms with Gasteiger partial charge in [0.2, 0.25) is 0 Å². The molecule has 0 bridgehead atoms. The van der Waals surface area contributed by atoms with Crippen LogP contribution in [0.5, 0.6) is 0 Å². The van der Waals surface area contributed by atoms with E-state index < -0.39 is 99.7 Å². The van der Waals surface area contributed by atoms with E-state index in [1.165, 1.54) is 0 Å². The highest BCUT2D eigenvalue weighted by atomic mass is 19.4. The van der Waals surface area contributed by atoms with E-state index in [0.29, 0.717) is 0 Å². The maximum absolute atomic E-state index is 15.3. The number of alkyl halides is 30. The Bertz CT molecular complexity index is 1320. The average Bonchev–Trinajstić information content (AvgIpc) is 2.87. The van der Waals surface area contributed by atoms with Gasteiger partial charge in [0.1, 0.15) is 0 Å². The first-order valence-corrected chi connectivity index (χ1v) is 10.4. The Labute approximate surface area is 233 Å². The molecule has 0 heterocycles. The fourth-order valence-corrected chi connectivity index (χ4v) is 5.20. The fourth-order valence-electron chi connectivity index (χ4n) is 5.20. The Morgan fingerprint density at radius 3 is 0.617 bits per heavy atom. The van der Waals surface area contributed by atoms with Crippen LogP contribution in [0.4, 0.5) is 132 Å². The highest BCUT2D eigenvalue weighted by molar-refractivity contribution is 5.47. The van der Waals surface area contributed by atoms with Crippen molar-refractivity contribution >= 4 is 0 Å². The van der Waals surface area contributed by atoms with E-state index in [2.05, 4.69) is 0 Å². The summed E-state index contributed by atoms with van der Waals surface area (Å²) in [6.45, 7) is 0. The van der Waals surface area contributed by atoms with Gasteiger partial charge in [-0.2, -0.15) is 114 Å². The summed E-state index contributed by atoms with van der Waals surface area (Å²) in [5, 5.41) is 0. The Morgan fingerprint density at radius 1 is 0.191 bits per heavy atom. The first-order chi connectivity index (χ1) is 19.8. The predicted molar refractivity (Wildman–Crippen MR) is 79.7 cm³/mol. The lowest BCUT2D eigenvalue weighted by molar-refractivity contribution is -0.573. The van der Waals surface area contributed by atoms with Gasteiger partial charge in [0.25, 0.3) is 11.3 Å². The van der Waals surface area contributed by atoms with E-state index in [9.17, 15) is 123 Å². The van der Waals surface area contributed by atoms with Crippen molar-refractivity contribution in [3.8, 4) is 0 Å². The van der Waals surface area contributed by atoms with E-state index >= 15 is 8.78 Å². The number of hydrogen-bond acceptors (Lipinski definition) is 0. The molecule has 0 spiro atoms. The highest BCUT2D eigenvalue weighted by Gasteiger charge is 3.19. The van der Waals surface area contributed by atoms with Crippen LogP contribution in [0.3, 0.4) is 0 Å². The molecular weight excluding hydrogens is 774 g/mol. The van der Waals surface area contributed by atoms with Crippen LogP contribution in [0.15, 0.2) is 0 Å². The highest BCUT2D eigenvalue weighted by Crippen LogP contribution is 2.84. The normalized spacial score (nSPS) is 41.7. The van der Waals surface area contributed by atoms with Gasteiger partial charge in [0.15, 0.2) is 0 Å². The van der Waals surface area contributed by atoms with Crippen molar-refractivity contribution in [1.29, 1.82) is 0 Å². The van der Waals surface area contributed by atoms with Crippen molar-refractivity contribution in [2.75, 3.05) is 0 Å². The number of fused-ring (bicyclic) bond motifs is 1. The first-order valence-electron chi connectivity index (χ1n) is 10.4. The molecule has 0 aromatic heterocycles. The minimum absolute atomic E-state index is 8.79. The third-order valence-electron chi connectivity index (χ3n) is 7.96. The SMILES string of the molecule is FC1(F)C(F)(F)C(F)(F)C(F)(C(F)(F)C2(F)C(F)(F)C(F)(F)C3(F)C(F)(F)C(F)(F)C(F)(F)C(F)(F)C3(F)C2(F)F)C(F)(F)C1(F)F. The van der Waals surface area contributed by atoms with Gasteiger partial charge < -0.3 is 0 Å². The van der Waals surface area contributed by atoms with Crippen molar-refractivity contribution in [1.82, 2.24) is 0 Å². The zero-order chi connectivity index (χ0) is 38.5. The van der Waals surface area contributed by atoms with Gasteiger partial charge in [-0.1, -0.05) is 0 Å². The van der Waals surface area contributed by atoms with Gasteiger partial charge in [-0.15, -0.1) is 0 Å². The second kappa shape index (κ2) is 8.10. The zero-order valence-electron chi connectivity index (χ0n) is 19.8. The van der Waals surface area contributed by atoms with Crippen LogP contribution < -0.4 is 0 Å². The van der Waals surface area contributed by atoms with E-state index in [1.54, 1.807) is 0 Å². The molecule has 0 nitrogen and oxygen atoms in total. The summed E-state index contributed by atoms with van der Waals surface area (Å²) in [4.78, 5) is 0. The molecule has 3 aliphatic carbocycles. The second-order valence-electron chi connectivity index (χ2n) is 10.1. The largest absolute Gasteiger partial charge is 0.384 e. The quantitative estimate of drug-likeness (QED) is 0.246. The summed E-state index contributed by atoms with van der Waals surface area (Å²) >= 11 is 0. The maximum Gasteiger partial charge on any atom is 0.384 e. The summed E-state index contributed by atoms with van der Waals surface area (Å²) in [7, 11) is 0. The van der Waals surface area contributed by atoms with Crippen LogP contribution in [-0.4, -0.2) is 99.7 Å². The van der Waals surface area contributed by atoms with E-state index in [-0.39, 0.29) is 0 Å². The molecule has 3 unspecified atom stereocenters. The average molecular weight is 774 g/mol. The molecule has 0 aromatic carbocycles. The van der Waals surface area contributed by atoms with Crippen molar-refractivity contribution in [2.24, 2.45) is 0 Å². The van der Waals surface area contributed by atoms with Crippen molar-refractivity contribution in [2.45, 2.75) is 99.7 Å². The standard InChI is InChI=1S/C17F30/c18-1-2(19,9(30,31)14(40,41)13(38,39)8(1,28)29)7(26,27)10(32,33)3(20,5(1,22)23)6(24,25)4(21)11(34,35)15(42,43)17(46,47)16(44,45)12(4,36)37. The van der Waals surface area contributed by atoms with Gasteiger partial charge in [-0.05, 0) is 0 Å². The third kappa shape index (κ3) is 2.70. The van der Waals surface area contributed by atoms with Gasteiger partial charge in [0.05, 0.1) is 0 Å². The van der Waals surface area contributed by atoms with E-state index in [0.717, 1.165) is 0 Å². The van der Waals surface area contributed by atoms with Crippen molar-refractivity contribution in [3.63, 3.8) is 0 Å². The summed E-state index contributed by atoms with van der Waals surface area (Å²) < 4.78 is 426. The number of hydrogen-bond donors (Lipinski definition) is 0. The molecule has 3 rings (SSSR count). The molecule has 0 saturated heterocycles. The molecular formula is C17F30. The van der Waals surface area contributed by atoms with Crippen LogP contribution in [0, 0.1) is 0 Å². The molecule has 30 heteroatoms. The molecule has 3 aliphatic rings. The molecule has 3 fully saturated rings. The van der Waals surface area contributed by atoms with E-state index in [4.69, 9.17) is 0 Å². The second-order valence-corrected chi connectivity index (χ2v) is 10.1. The first kappa shape index (κ1) is 39.3. The molecule has 0 radical (unpaired) electrons. The lowest BCUT2D eigenvalue weighted by Crippen LogP contribution is -3.02. The van der Waals surface area contributed by atoms with Crippen LogP contribution in [0.2, 0.25) is 0 Å².